The molecule has 0 amide bonds. The zero-order chi connectivity index (χ0) is 12.1. The minimum absolute atomic E-state index is 0.0214. The maximum Gasteiger partial charge on any atom is 0.151 e. The van der Waals surface area contributed by atoms with E-state index in [1.807, 2.05) is 0 Å². The molecular weight excluding hydrogens is 291 g/mol. The number of nitrogens with zero attached hydrogens (tertiary/aromatic N) is 2. The van der Waals surface area contributed by atoms with E-state index < -0.39 is 0 Å². The van der Waals surface area contributed by atoms with Gasteiger partial charge >= 0.3 is 0 Å². The number of allylic oxidation sites excluding steroid dienone is 1. The number of hydrogen-bond acceptors (Lipinski definition) is 3. The smallest absolute Gasteiger partial charge is 0.151 e. The summed E-state index contributed by atoms with van der Waals surface area (Å²) < 4.78 is 5.73. The molecule has 0 aliphatic heterocycles. The molecule has 0 radical (unpaired) electrons. The highest BCUT2D eigenvalue weighted by molar-refractivity contribution is 9.10. The van der Waals surface area contributed by atoms with Crippen LogP contribution in [0, 0.1) is 22.7 Å². The fraction of sp³-hybridized carbons (Fsp3) is 0.0909. The number of nitriles is 2. The molecule has 0 fully saturated rings. The van der Waals surface area contributed by atoms with E-state index in [1.165, 1.54) is 13.2 Å². The summed E-state index contributed by atoms with van der Waals surface area (Å²) >= 11 is 9.24. The monoisotopic (exact) mass is 296 g/mol. The van der Waals surface area contributed by atoms with Crippen LogP contribution >= 0.6 is 27.5 Å². The fourth-order valence-corrected chi connectivity index (χ4v) is 2.17. The second kappa shape index (κ2) is 5.55. The molecule has 0 aromatic heterocycles. The number of benzene rings is 1. The summed E-state index contributed by atoms with van der Waals surface area (Å²) in [5.74, 6) is 0.522. The molecule has 80 valence electrons. The van der Waals surface area contributed by atoms with Gasteiger partial charge in [0.2, 0.25) is 0 Å². The standard InChI is InChI=1S/C11H6BrClN2O/c1-16-11-9(12)3-7(4-10(11)13)2-8(5-14)6-15/h2-4H,1H3. The van der Waals surface area contributed by atoms with Gasteiger partial charge in [-0.25, -0.2) is 0 Å². The van der Waals surface area contributed by atoms with Gasteiger partial charge in [-0.05, 0) is 39.7 Å². The first kappa shape index (κ1) is 12.6. The van der Waals surface area contributed by atoms with Crippen LogP contribution in [0.25, 0.3) is 6.08 Å². The van der Waals surface area contributed by atoms with Gasteiger partial charge in [0.15, 0.2) is 5.75 Å². The Morgan fingerprint density at radius 1 is 1.44 bits per heavy atom. The van der Waals surface area contributed by atoms with Gasteiger partial charge in [-0.1, -0.05) is 11.6 Å². The highest BCUT2D eigenvalue weighted by Crippen LogP contribution is 2.34. The van der Waals surface area contributed by atoms with Crippen molar-refractivity contribution in [2.75, 3.05) is 7.11 Å². The van der Waals surface area contributed by atoms with Crippen molar-refractivity contribution >= 4 is 33.6 Å². The Morgan fingerprint density at radius 2 is 2.06 bits per heavy atom. The third kappa shape index (κ3) is 2.76. The summed E-state index contributed by atoms with van der Waals surface area (Å²) in [5.41, 5.74) is 0.684. The molecule has 0 N–H and O–H groups in total. The van der Waals surface area contributed by atoms with Crippen LogP contribution in [0.5, 0.6) is 5.75 Å². The Morgan fingerprint density at radius 3 is 2.50 bits per heavy atom. The van der Waals surface area contributed by atoms with Crippen LogP contribution < -0.4 is 4.74 Å². The Hall–Kier alpha value is -1.49. The number of methoxy groups -OCH3 is 1. The molecule has 0 unspecified atom stereocenters. The van der Waals surface area contributed by atoms with Crippen molar-refractivity contribution in [3.8, 4) is 17.9 Å². The Bertz CT molecular complexity index is 487. The van der Waals surface area contributed by atoms with Gasteiger partial charge in [0.05, 0.1) is 16.6 Å². The van der Waals surface area contributed by atoms with Crippen LogP contribution in [0.2, 0.25) is 5.02 Å². The van der Waals surface area contributed by atoms with Crippen LogP contribution in [0.4, 0.5) is 0 Å². The second-order valence-electron chi connectivity index (χ2n) is 2.80. The van der Waals surface area contributed by atoms with E-state index in [0.717, 1.165) is 0 Å². The Labute approximate surface area is 107 Å². The van der Waals surface area contributed by atoms with Gasteiger partial charge in [0.1, 0.15) is 17.7 Å². The van der Waals surface area contributed by atoms with Crippen LogP contribution in [-0.4, -0.2) is 7.11 Å². The first-order valence-electron chi connectivity index (χ1n) is 4.17. The average Bonchev–Trinajstić information content (AvgIpc) is 2.25. The highest BCUT2D eigenvalue weighted by atomic mass is 79.9. The minimum atomic E-state index is 0.0214. The van der Waals surface area contributed by atoms with Gasteiger partial charge in [0.25, 0.3) is 0 Å². The maximum absolute atomic E-state index is 8.62. The van der Waals surface area contributed by atoms with Crippen molar-refractivity contribution in [3.63, 3.8) is 0 Å². The summed E-state index contributed by atoms with van der Waals surface area (Å²) in [6.45, 7) is 0. The molecule has 0 heterocycles. The third-order valence-electron chi connectivity index (χ3n) is 1.78. The molecule has 0 aliphatic rings. The largest absolute Gasteiger partial charge is 0.494 e. The lowest BCUT2D eigenvalue weighted by atomic mass is 10.1. The zero-order valence-electron chi connectivity index (χ0n) is 8.29. The zero-order valence-corrected chi connectivity index (χ0v) is 10.6. The predicted molar refractivity (Wildman–Crippen MR) is 64.9 cm³/mol. The van der Waals surface area contributed by atoms with Crippen molar-refractivity contribution in [2.24, 2.45) is 0 Å². The van der Waals surface area contributed by atoms with Crippen molar-refractivity contribution in [3.05, 3.63) is 32.8 Å². The lowest BCUT2D eigenvalue weighted by molar-refractivity contribution is 0.412. The summed E-state index contributed by atoms with van der Waals surface area (Å²) in [7, 11) is 1.51. The molecule has 16 heavy (non-hydrogen) atoms. The van der Waals surface area contributed by atoms with Gasteiger partial charge in [-0.3, -0.25) is 0 Å². The van der Waals surface area contributed by atoms with Crippen LogP contribution in [-0.2, 0) is 0 Å². The van der Waals surface area contributed by atoms with E-state index in [-0.39, 0.29) is 5.57 Å². The quantitative estimate of drug-likeness (QED) is 0.784. The lowest BCUT2D eigenvalue weighted by Gasteiger charge is -2.06. The topological polar surface area (TPSA) is 56.8 Å². The molecule has 3 nitrogen and oxygen atoms in total. The molecule has 0 saturated heterocycles. The minimum Gasteiger partial charge on any atom is -0.494 e. The lowest BCUT2D eigenvalue weighted by Crippen LogP contribution is -1.87. The van der Waals surface area contributed by atoms with E-state index in [4.69, 9.17) is 26.9 Å². The van der Waals surface area contributed by atoms with E-state index in [2.05, 4.69) is 15.9 Å². The molecular formula is C11H6BrClN2O. The van der Waals surface area contributed by atoms with Crippen molar-refractivity contribution in [1.29, 1.82) is 10.5 Å². The molecule has 0 bridgehead atoms. The van der Waals surface area contributed by atoms with E-state index >= 15 is 0 Å². The van der Waals surface area contributed by atoms with Gasteiger partial charge < -0.3 is 4.74 Å². The fourth-order valence-electron chi connectivity index (χ4n) is 1.11. The summed E-state index contributed by atoms with van der Waals surface area (Å²) in [4.78, 5) is 0. The van der Waals surface area contributed by atoms with Crippen molar-refractivity contribution in [1.82, 2.24) is 0 Å². The predicted octanol–water partition coefficient (Wildman–Crippen LogP) is 3.54. The van der Waals surface area contributed by atoms with Crippen LogP contribution in [0.3, 0.4) is 0 Å². The maximum atomic E-state index is 8.62. The van der Waals surface area contributed by atoms with E-state index in [9.17, 15) is 0 Å². The van der Waals surface area contributed by atoms with Crippen molar-refractivity contribution < 1.29 is 4.74 Å². The first-order chi connectivity index (χ1) is 7.62. The third-order valence-corrected chi connectivity index (χ3v) is 2.65. The van der Waals surface area contributed by atoms with Crippen LogP contribution in [0.1, 0.15) is 5.56 Å². The molecule has 0 atom stereocenters. The first-order valence-corrected chi connectivity index (χ1v) is 5.34. The number of hydrogen-bond donors (Lipinski definition) is 0. The van der Waals surface area contributed by atoms with Gasteiger partial charge in [0, 0.05) is 0 Å². The summed E-state index contributed by atoms with van der Waals surface area (Å²) in [6.07, 6.45) is 1.45. The molecule has 1 aromatic carbocycles. The summed E-state index contributed by atoms with van der Waals surface area (Å²) in [5, 5.41) is 17.6. The number of ether oxygens (including phenoxy) is 1. The van der Waals surface area contributed by atoms with Crippen LogP contribution in [0.15, 0.2) is 22.2 Å². The van der Waals surface area contributed by atoms with Crippen molar-refractivity contribution in [2.45, 2.75) is 0 Å². The highest BCUT2D eigenvalue weighted by Gasteiger charge is 2.07. The Kier molecular flexibility index (Phi) is 4.37. The molecule has 1 rings (SSSR count). The normalized spacial score (nSPS) is 8.81. The van der Waals surface area contributed by atoms with Gasteiger partial charge in [-0.2, -0.15) is 10.5 Å². The number of rotatable bonds is 2. The van der Waals surface area contributed by atoms with Gasteiger partial charge in [-0.15, -0.1) is 0 Å². The van der Waals surface area contributed by atoms with E-state index in [0.29, 0.717) is 20.8 Å². The number of halogens is 2. The summed E-state index contributed by atoms with van der Waals surface area (Å²) in [6, 6.07) is 6.90. The molecule has 0 saturated carbocycles. The molecule has 5 heteroatoms. The molecule has 0 spiro atoms. The van der Waals surface area contributed by atoms with E-state index in [1.54, 1.807) is 24.3 Å². The molecule has 1 aromatic rings. The second-order valence-corrected chi connectivity index (χ2v) is 4.06. The Balaban J connectivity index is 3.27. The SMILES string of the molecule is COc1c(Cl)cc(C=C(C#N)C#N)cc1Br. The average molecular weight is 298 g/mol. The molecule has 0 aliphatic carbocycles.